The highest BCUT2D eigenvalue weighted by molar-refractivity contribution is 9.10. The van der Waals surface area contributed by atoms with Gasteiger partial charge in [0, 0.05) is 39.9 Å². The van der Waals surface area contributed by atoms with Crippen molar-refractivity contribution in [2.24, 2.45) is 5.92 Å². The van der Waals surface area contributed by atoms with Crippen molar-refractivity contribution in [3.63, 3.8) is 0 Å². The van der Waals surface area contributed by atoms with Crippen LogP contribution in [0.1, 0.15) is 17.7 Å². The fourth-order valence-corrected chi connectivity index (χ4v) is 3.11. The molecule has 1 heterocycles. The molecule has 0 unspecified atom stereocenters. The standard InChI is InChI=1S/C10H9BrF2OS/c11-7-1-8(15-5-7)2-9(14)6-3-10(12,13)4-6/h1,5-6H,2-4H2. The molecule has 0 aromatic carbocycles. The van der Waals surface area contributed by atoms with Crippen LogP contribution < -0.4 is 0 Å². The molecule has 82 valence electrons. The number of rotatable bonds is 3. The Labute approximate surface area is 98.6 Å². The van der Waals surface area contributed by atoms with Gasteiger partial charge in [-0.2, -0.15) is 0 Å². The maximum atomic E-state index is 12.5. The summed E-state index contributed by atoms with van der Waals surface area (Å²) < 4.78 is 26.0. The molecular formula is C10H9BrF2OS. The molecule has 0 aliphatic heterocycles. The number of carbonyl (C=O) groups is 1. The van der Waals surface area contributed by atoms with Gasteiger partial charge in [-0.1, -0.05) is 0 Å². The van der Waals surface area contributed by atoms with Gasteiger partial charge in [-0.25, -0.2) is 8.78 Å². The Kier molecular flexibility index (Phi) is 2.94. The lowest BCUT2D eigenvalue weighted by Crippen LogP contribution is -2.40. The second-order valence-electron chi connectivity index (χ2n) is 3.84. The van der Waals surface area contributed by atoms with Crippen molar-refractivity contribution in [1.29, 1.82) is 0 Å². The van der Waals surface area contributed by atoms with Crippen LogP contribution in [-0.4, -0.2) is 11.7 Å². The van der Waals surface area contributed by atoms with Crippen molar-refractivity contribution in [2.45, 2.75) is 25.2 Å². The molecule has 0 radical (unpaired) electrons. The summed E-state index contributed by atoms with van der Waals surface area (Å²) in [5.74, 6) is -3.09. The summed E-state index contributed by atoms with van der Waals surface area (Å²) in [6.07, 6.45) is -0.242. The average molecular weight is 295 g/mol. The maximum Gasteiger partial charge on any atom is 0.249 e. The Hall–Kier alpha value is -0.290. The molecule has 0 spiro atoms. The first-order chi connectivity index (χ1) is 6.96. The predicted octanol–water partition coefficient (Wildman–Crippen LogP) is 3.67. The van der Waals surface area contributed by atoms with Crippen molar-refractivity contribution >= 4 is 33.0 Å². The molecule has 1 nitrogen and oxygen atoms in total. The molecule has 2 rings (SSSR count). The smallest absolute Gasteiger partial charge is 0.249 e. The molecule has 0 atom stereocenters. The topological polar surface area (TPSA) is 17.1 Å². The lowest BCUT2D eigenvalue weighted by atomic mass is 9.77. The third-order valence-corrected chi connectivity index (χ3v) is 4.21. The van der Waals surface area contributed by atoms with E-state index in [0.29, 0.717) is 0 Å². The van der Waals surface area contributed by atoms with Gasteiger partial charge in [-0.05, 0) is 22.0 Å². The van der Waals surface area contributed by atoms with Gasteiger partial charge in [0.25, 0.3) is 0 Å². The number of thiophene rings is 1. The van der Waals surface area contributed by atoms with Crippen molar-refractivity contribution < 1.29 is 13.6 Å². The second-order valence-corrected chi connectivity index (χ2v) is 5.75. The van der Waals surface area contributed by atoms with E-state index in [9.17, 15) is 13.6 Å². The van der Waals surface area contributed by atoms with E-state index >= 15 is 0 Å². The normalized spacial score (nSPS) is 19.9. The average Bonchev–Trinajstić information content (AvgIpc) is 2.46. The molecule has 1 aliphatic rings. The SMILES string of the molecule is O=C(Cc1cc(Br)cs1)C1CC(F)(F)C1. The Bertz CT molecular complexity index is 381. The predicted molar refractivity (Wildman–Crippen MR) is 58.4 cm³/mol. The first-order valence-electron chi connectivity index (χ1n) is 4.60. The first-order valence-corrected chi connectivity index (χ1v) is 6.27. The Balaban J connectivity index is 1.89. The Morgan fingerprint density at radius 2 is 2.27 bits per heavy atom. The van der Waals surface area contributed by atoms with E-state index in [1.807, 2.05) is 11.4 Å². The highest BCUT2D eigenvalue weighted by Crippen LogP contribution is 2.43. The summed E-state index contributed by atoms with van der Waals surface area (Å²) in [6.45, 7) is 0. The van der Waals surface area contributed by atoms with Crippen LogP contribution in [-0.2, 0) is 11.2 Å². The van der Waals surface area contributed by atoms with Gasteiger partial charge in [-0.3, -0.25) is 4.79 Å². The first kappa shape index (κ1) is 11.2. The van der Waals surface area contributed by atoms with Gasteiger partial charge in [0.1, 0.15) is 5.78 Å². The van der Waals surface area contributed by atoms with Crippen LogP contribution in [0.3, 0.4) is 0 Å². The number of halogens is 3. The fraction of sp³-hybridized carbons (Fsp3) is 0.500. The summed E-state index contributed by atoms with van der Waals surface area (Å²) in [7, 11) is 0. The van der Waals surface area contributed by atoms with Crippen LogP contribution in [0.25, 0.3) is 0 Å². The zero-order chi connectivity index (χ0) is 11.1. The van der Waals surface area contributed by atoms with Gasteiger partial charge in [0.05, 0.1) is 0 Å². The van der Waals surface area contributed by atoms with Crippen LogP contribution in [0, 0.1) is 5.92 Å². The zero-order valence-electron chi connectivity index (χ0n) is 7.80. The van der Waals surface area contributed by atoms with Gasteiger partial charge in [-0.15, -0.1) is 11.3 Å². The quantitative estimate of drug-likeness (QED) is 0.831. The lowest BCUT2D eigenvalue weighted by Gasteiger charge is -2.33. The molecule has 1 aromatic heterocycles. The van der Waals surface area contributed by atoms with Crippen LogP contribution >= 0.6 is 27.3 Å². The van der Waals surface area contributed by atoms with Gasteiger partial charge in [0.15, 0.2) is 0 Å². The van der Waals surface area contributed by atoms with Crippen LogP contribution in [0.4, 0.5) is 8.78 Å². The summed E-state index contributed by atoms with van der Waals surface area (Å²) >= 11 is 4.76. The van der Waals surface area contributed by atoms with E-state index in [-0.39, 0.29) is 25.0 Å². The van der Waals surface area contributed by atoms with E-state index in [4.69, 9.17) is 0 Å². The number of hydrogen-bond acceptors (Lipinski definition) is 2. The molecule has 1 aliphatic carbocycles. The van der Waals surface area contributed by atoms with Crippen LogP contribution in [0.2, 0.25) is 0 Å². The molecule has 1 saturated carbocycles. The number of carbonyl (C=O) groups excluding carboxylic acids is 1. The van der Waals surface area contributed by atoms with Crippen molar-refractivity contribution in [3.05, 3.63) is 20.8 Å². The van der Waals surface area contributed by atoms with Crippen LogP contribution in [0.5, 0.6) is 0 Å². The molecule has 0 N–H and O–H groups in total. The minimum atomic E-state index is -2.60. The number of Topliss-reactive ketones (excluding diaryl/α,β-unsaturated/α-hetero) is 1. The van der Waals surface area contributed by atoms with Crippen molar-refractivity contribution in [2.75, 3.05) is 0 Å². The van der Waals surface area contributed by atoms with Gasteiger partial charge >= 0.3 is 0 Å². The largest absolute Gasteiger partial charge is 0.299 e. The molecule has 1 aromatic rings. The number of hydrogen-bond donors (Lipinski definition) is 0. The molecule has 1 fully saturated rings. The lowest BCUT2D eigenvalue weighted by molar-refractivity contribution is -0.147. The third kappa shape index (κ3) is 2.64. The van der Waals surface area contributed by atoms with E-state index < -0.39 is 11.8 Å². The molecular weight excluding hydrogens is 286 g/mol. The summed E-state index contributed by atoms with van der Waals surface area (Å²) in [6, 6.07) is 1.86. The Morgan fingerprint density at radius 3 is 2.73 bits per heavy atom. The molecule has 15 heavy (non-hydrogen) atoms. The monoisotopic (exact) mass is 294 g/mol. The van der Waals surface area contributed by atoms with Gasteiger partial charge < -0.3 is 0 Å². The number of ketones is 1. The number of alkyl halides is 2. The zero-order valence-corrected chi connectivity index (χ0v) is 10.2. The summed E-state index contributed by atoms with van der Waals surface area (Å²) in [5.41, 5.74) is 0. The van der Waals surface area contributed by atoms with Crippen molar-refractivity contribution in [3.8, 4) is 0 Å². The fourth-order valence-electron chi connectivity index (χ4n) is 1.65. The molecule has 5 heteroatoms. The minimum absolute atomic E-state index is 0.0599. The summed E-state index contributed by atoms with van der Waals surface area (Å²) in [5, 5.41) is 1.89. The van der Waals surface area contributed by atoms with E-state index in [2.05, 4.69) is 15.9 Å². The minimum Gasteiger partial charge on any atom is -0.299 e. The molecule has 0 amide bonds. The highest BCUT2D eigenvalue weighted by atomic mass is 79.9. The highest BCUT2D eigenvalue weighted by Gasteiger charge is 2.48. The molecule has 0 saturated heterocycles. The van der Waals surface area contributed by atoms with E-state index in [1.165, 1.54) is 11.3 Å². The van der Waals surface area contributed by atoms with Gasteiger partial charge in [0.2, 0.25) is 5.92 Å². The maximum absolute atomic E-state index is 12.5. The summed E-state index contributed by atoms with van der Waals surface area (Å²) in [4.78, 5) is 12.5. The van der Waals surface area contributed by atoms with Crippen LogP contribution in [0.15, 0.2) is 15.9 Å². The van der Waals surface area contributed by atoms with E-state index in [0.717, 1.165) is 9.35 Å². The molecule has 0 bridgehead atoms. The second kappa shape index (κ2) is 3.94. The Morgan fingerprint density at radius 1 is 1.60 bits per heavy atom. The van der Waals surface area contributed by atoms with E-state index in [1.54, 1.807) is 0 Å². The third-order valence-electron chi connectivity index (χ3n) is 2.52. The van der Waals surface area contributed by atoms with Crippen molar-refractivity contribution in [1.82, 2.24) is 0 Å².